The second-order valence-corrected chi connectivity index (χ2v) is 3.41. The van der Waals surface area contributed by atoms with Gasteiger partial charge in [0, 0.05) is 29.6 Å². The van der Waals surface area contributed by atoms with E-state index in [1.54, 1.807) is 24.3 Å². The fourth-order valence-electron chi connectivity index (χ4n) is 0.849. The Labute approximate surface area is 78.6 Å². The van der Waals surface area contributed by atoms with E-state index >= 15 is 0 Å². The van der Waals surface area contributed by atoms with Gasteiger partial charge in [0.25, 0.3) is 0 Å². The van der Waals surface area contributed by atoms with Gasteiger partial charge in [0.15, 0.2) is 0 Å². The molecular formula is C8H8NO3S-. The second-order valence-electron chi connectivity index (χ2n) is 2.42. The first-order valence-electron chi connectivity index (χ1n) is 3.53. The van der Waals surface area contributed by atoms with Crippen LogP contribution in [0.2, 0.25) is 0 Å². The molecule has 0 bridgehead atoms. The molecule has 4 nitrogen and oxygen atoms in total. The lowest BCUT2D eigenvalue weighted by Gasteiger charge is -2.20. The molecule has 0 saturated heterocycles. The first-order valence-corrected chi connectivity index (χ1v) is 4.56. The lowest BCUT2D eigenvalue weighted by Crippen LogP contribution is -2.19. The van der Waals surface area contributed by atoms with Crippen LogP contribution in [-0.4, -0.2) is 22.1 Å². The van der Waals surface area contributed by atoms with E-state index < -0.39 is 11.3 Å². The first-order chi connectivity index (χ1) is 6.15. The van der Waals surface area contributed by atoms with Crippen LogP contribution in [0.3, 0.4) is 0 Å². The maximum absolute atomic E-state index is 10.5. The standard InChI is InChI=1S/C8H9NO3S/c1-9(13(11)12)8-4-2-7(6-10)3-5-8/h2-6H,1H3,(H,11,12)/p-1. The highest BCUT2D eigenvalue weighted by Gasteiger charge is 1.99. The van der Waals surface area contributed by atoms with Gasteiger partial charge in [-0.2, -0.15) is 0 Å². The van der Waals surface area contributed by atoms with Crippen LogP contribution in [0, 0.1) is 0 Å². The molecule has 5 heteroatoms. The average Bonchev–Trinajstić information content (AvgIpc) is 2.17. The van der Waals surface area contributed by atoms with Crippen molar-refractivity contribution in [2.24, 2.45) is 0 Å². The Kier molecular flexibility index (Phi) is 3.16. The summed E-state index contributed by atoms with van der Waals surface area (Å²) in [4.78, 5) is 10.3. The minimum absolute atomic E-state index is 0.522. The van der Waals surface area contributed by atoms with Gasteiger partial charge in [-0.25, -0.2) is 0 Å². The van der Waals surface area contributed by atoms with Gasteiger partial charge in [-0.05, 0) is 24.3 Å². The van der Waals surface area contributed by atoms with Gasteiger partial charge in [-0.15, -0.1) is 0 Å². The van der Waals surface area contributed by atoms with E-state index in [4.69, 9.17) is 0 Å². The van der Waals surface area contributed by atoms with Gasteiger partial charge >= 0.3 is 0 Å². The number of carbonyl (C=O) groups is 1. The molecule has 70 valence electrons. The lowest BCUT2D eigenvalue weighted by molar-refractivity contribution is 0.112. The van der Waals surface area contributed by atoms with Crippen LogP contribution in [0.25, 0.3) is 0 Å². The molecule has 0 aromatic heterocycles. The Bertz CT molecular complexity index is 323. The molecule has 1 unspecified atom stereocenters. The third-order valence-electron chi connectivity index (χ3n) is 1.62. The summed E-state index contributed by atoms with van der Waals surface area (Å²) < 4.78 is 22.1. The molecule has 0 fully saturated rings. The molecule has 1 rings (SSSR count). The topological polar surface area (TPSA) is 60.4 Å². The van der Waals surface area contributed by atoms with Gasteiger partial charge < -0.3 is 8.86 Å². The minimum Gasteiger partial charge on any atom is -0.755 e. The van der Waals surface area contributed by atoms with Crippen molar-refractivity contribution in [2.45, 2.75) is 0 Å². The minimum atomic E-state index is -2.27. The summed E-state index contributed by atoms with van der Waals surface area (Å²) in [5.41, 5.74) is 1.05. The van der Waals surface area contributed by atoms with E-state index in [9.17, 15) is 13.6 Å². The van der Waals surface area contributed by atoms with Crippen molar-refractivity contribution in [3.05, 3.63) is 29.8 Å². The van der Waals surface area contributed by atoms with Gasteiger partial charge in [0.1, 0.15) is 6.29 Å². The second kappa shape index (κ2) is 4.15. The third kappa shape index (κ3) is 2.37. The predicted molar refractivity (Wildman–Crippen MR) is 49.2 cm³/mol. The number of aldehydes is 1. The highest BCUT2D eigenvalue weighted by molar-refractivity contribution is 7.80. The molecule has 0 aliphatic heterocycles. The van der Waals surface area contributed by atoms with Crippen LogP contribution in [0.4, 0.5) is 5.69 Å². The zero-order valence-corrected chi connectivity index (χ0v) is 7.78. The van der Waals surface area contributed by atoms with Crippen molar-refractivity contribution in [3.63, 3.8) is 0 Å². The molecule has 1 aromatic carbocycles. The number of benzene rings is 1. The Balaban J connectivity index is 2.91. The van der Waals surface area contributed by atoms with E-state index in [1.165, 1.54) is 7.05 Å². The van der Waals surface area contributed by atoms with Gasteiger partial charge in [-0.3, -0.25) is 9.00 Å². The molecule has 0 saturated carbocycles. The van der Waals surface area contributed by atoms with Crippen molar-refractivity contribution < 1.29 is 13.6 Å². The van der Waals surface area contributed by atoms with Crippen molar-refractivity contribution in [2.75, 3.05) is 11.4 Å². The monoisotopic (exact) mass is 198 g/mol. The Hall–Kier alpha value is -1.20. The largest absolute Gasteiger partial charge is 0.755 e. The summed E-state index contributed by atoms with van der Waals surface area (Å²) in [6, 6.07) is 6.26. The normalized spacial score (nSPS) is 12.2. The van der Waals surface area contributed by atoms with Crippen molar-refractivity contribution in [1.82, 2.24) is 0 Å². The van der Waals surface area contributed by atoms with Crippen LogP contribution < -0.4 is 4.31 Å². The molecule has 0 aliphatic carbocycles. The molecular weight excluding hydrogens is 190 g/mol. The summed E-state index contributed by atoms with van der Waals surface area (Å²) in [6.07, 6.45) is 0.706. The maximum Gasteiger partial charge on any atom is 0.150 e. The molecule has 0 radical (unpaired) electrons. The zero-order valence-electron chi connectivity index (χ0n) is 6.97. The molecule has 0 amide bonds. The molecule has 1 atom stereocenters. The van der Waals surface area contributed by atoms with Crippen LogP contribution in [0.1, 0.15) is 10.4 Å². The Morgan fingerprint density at radius 1 is 1.38 bits per heavy atom. The highest BCUT2D eigenvalue weighted by atomic mass is 32.2. The number of hydrogen-bond acceptors (Lipinski definition) is 3. The van der Waals surface area contributed by atoms with Crippen LogP contribution >= 0.6 is 0 Å². The molecule has 0 aliphatic rings. The first kappa shape index (κ1) is 9.88. The molecule has 0 N–H and O–H groups in total. The van der Waals surface area contributed by atoms with Gasteiger partial charge in [0.05, 0.1) is 0 Å². The number of hydrogen-bond donors (Lipinski definition) is 0. The van der Waals surface area contributed by atoms with E-state index in [2.05, 4.69) is 0 Å². The van der Waals surface area contributed by atoms with Crippen molar-refractivity contribution >= 4 is 23.2 Å². The summed E-state index contributed by atoms with van der Waals surface area (Å²) >= 11 is -2.27. The number of nitrogens with zero attached hydrogens (tertiary/aromatic N) is 1. The molecule has 0 heterocycles. The van der Waals surface area contributed by atoms with Gasteiger partial charge in [0.2, 0.25) is 0 Å². The molecule has 13 heavy (non-hydrogen) atoms. The van der Waals surface area contributed by atoms with Crippen LogP contribution in [-0.2, 0) is 11.3 Å². The van der Waals surface area contributed by atoms with Crippen molar-refractivity contribution in [1.29, 1.82) is 0 Å². The van der Waals surface area contributed by atoms with E-state index in [0.29, 0.717) is 17.5 Å². The fourth-order valence-corrected chi connectivity index (χ4v) is 1.14. The van der Waals surface area contributed by atoms with E-state index in [0.717, 1.165) is 4.31 Å². The SMILES string of the molecule is CN(c1ccc(C=O)cc1)S(=O)[O-]. The quantitative estimate of drug-likeness (QED) is 0.531. The van der Waals surface area contributed by atoms with Gasteiger partial charge in [-0.1, -0.05) is 0 Å². The average molecular weight is 198 g/mol. The predicted octanol–water partition coefficient (Wildman–Crippen LogP) is 0.729. The fraction of sp³-hybridized carbons (Fsp3) is 0.125. The smallest absolute Gasteiger partial charge is 0.150 e. The van der Waals surface area contributed by atoms with E-state index in [-0.39, 0.29) is 0 Å². The number of anilines is 1. The summed E-state index contributed by atoms with van der Waals surface area (Å²) in [5, 5.41) is 0. The molecule has 1 aromatic rings. The Morgan fingerprint density at radius 3 is 2.31 bits per heavy atom. The lowest BCUT2D eigenvalue weighted by atomic mass is 10.2. The van der Waals surface area contributed by atoms with Crippen molar-refractivity contribution in [3.8, 4) is 0 Å². The maximum atomic E-state index is 10.5. The molecule has 0 spiro atoms. The third-order valence-corrected chi connectivity index (χ3v) is 2.27. The number of carbonyl (C=O) groups excluding carboxylic acids is 1. The number of rotatable bonds is 3. The Morgan fingerprint density at radius 2 is 1.92 bits per heavy atom. The zero-order chi connectivity index (χ0) is 9.84. The van der Waals surface area contributed by atoms with E-state index in [1.807, 2.05) is 0 Å². The summed E-state index contributed by atoms with van der Waals surface area (Å²) in [5.74, 6) is 0. The summed E-state index contributed by atoms with van der Waals surface area (Å²) in [6.45, 7) is 0. The summed E-state index contributed by atoms with van der Waals surface area (Å²) in [7, 11) is 1.43. The highest BCUT2D eigenvalue weighted by Crippen LogP contribution is 2.13. The van der Waals surface area contributed by atoms with Crippen LogP contribution in [0.15, 0.2) is 24.3 Å². The van der Waals surface area contributed by atoms with Crippen LogP contribution in [0.5, 0.6) is 0 Å².